The highest BCUT2D eigenvalue weighted by Crippen LogP contribution is 2.26. The number of aromatic nitrogens is 3. The van der Waals surface area contributed by atoms with Crippen molar-refractivity contribution < 1.29 is 9.84 Å². The minimum Gasteiger partial charge on any atom is -0.490 e. The van der Waals surface area contributed by atoms with E-state index in [1.54, 1.807) is 12.4 Å². The van der Waals surface area contributed by atoms with Crippen LogP contribution in [-0.4, -0.2) is 39.3 Å². The molecule has 5 aromatic rings. The summed E-state index contributed by atoms with van der Waals surface area (Å²) in [6, 6.07) is 25.5. The molecule has 0 aliphatic carbocycles. The monoisotopic (exact) mass is 422 g/mol. The molecule has 2 aromatic heterocycles. The highest BCUT2D eigenvalue weighted by molar-refractivity contribution is 5.90. The fraction of sp³-hybridized carbons (Fsp3) is 0.115. The minimum atomic E-state index is -0.718. The Hall–Kier alpha value is -4.03. The zero-order valence-electron chi connectivity index (χ0n) is 17.3. The molecule has 0 aliphatic heterocycles. The molecule has 1 atom stereocenters. The summed E-state index contributed by atoms with van der Waals surface area (Å²) in [6.07, 6.45) is 2.74. The van der Waals surface area contributed by atoms with Crippen LogP contribution in [0.2, 0.25) is 0 Å². The van der Waals surface area contributed by atoms with Gasteiger partial charge in [0.05, 0.1) is 5.52 Å². The number of nitrogens with one attached hydrogen (secondary N) is 1. The average Bonchev–Trinajstić information content (AvgIpc) is 2.86. The lowest BCUT2D eigenvalue weighted by atomic mass is 10.1. The molecule has 158 valence electrons. The predicted molar refractivity (Wildman–Crippen MR) is 127 cm³/mol. The van der Waals surface area contributed by atoms with Gasteiger partial charge in [-0.05, 0) is 35.7 Å². The molecule has 0 saturated heterocycles. The number of hydrogen-bond donors (Lipinski definition) is 2. The van der Waals surface area contributed by atoms with Crippen LogP contribution in [0, 0.1) is 0 Å². The molecule has 0 fully saturated rings. The van der Waals surface area contributed by atoms with Crippen molar-refractivity contribution in [1.82, 2.24) is 15.0 Å². The van der Waals surface area contributed by atoms with Gasteiger partial charge in [-0.2, -0.15) is 0 Å². The maximum absolute atomic E-state index is 10.6. The smallest absolute Gasteiger partial charge is 0.163 e. The van der Waals surface area contributed by atoms with Gasteiger partial charge in [-0.15, -0.1) is 0 Å². The van der Waals surface area contributed by atoms with Crippen molar-refractivity contribution in [2.75, 3.05) is 18.5 Å². The normalized spacial score (nSPS) is 12.0. The number of aliphatic hydroxyl groups excluding tert-OH is 1. The Morgan fingerprint density at radius 2 is 1.66 bits per heavy atom. The van der Waals surface area contributed by atoms with Crippen LogP contribution in [0.3, 0.4) is 0 Å². The first-order valence-electron chi connectivity index (χ1n) is 10.5. The number of fused-ring (bicyclic) bond motifs is 2. The van der Waals surface area contributed by atoms with Gasteiger partial charge in [0.25, 0.3) is 0 Å². The quantitative estimate of drug-likeness (QED) is 0.396. The molecule has 0 bridgehead atoms. The van der Waals surface area contributed by atoms with Crippen molar-refractivity contribution in [3.8, 4) is 17.1 Å². The summed E-state index contributed by atoms with van der Waals surface area (Å²) in [5, 5.41) is 16.9. The highest BCUT2D eigenvalue weighted by Gasteiger charge is 2.12. The molecule has 3 aromatic carbocycles. The van der Waals surface area contributed by atoms with E-state index in [0.717, 1.165) is 33.0 Å². The second kappa shape index (κ2) is 8.99. The number of anilines is 1. The molecule has 0 spiro atoms. The fourth-order valence-electron chi connectivity index (χ4n) is 3.62. The molecule has 32 heavy (non-hydrogen) atoms. The van der Waals surface area contributed by atoms with Gasteiger partial charge in [-0.1, -0.05) is 48.5 Å². The molecule has 2 heterocycles. The van der Waals surface area contributed by atoms with E-state index in [2.05, 4.69) is 20.3 Å². The maximum Gasteiger partial charge on any atom is 0.163 e. The van der Waals surface area contributed by atoms with E-state index in [4.69, 9.17) is 4.74 Å². The Morgan fingerprint density at radius 1 is 0.844 bits per heavy atom. The summed E-state index contributed by atoms with van der Waals surface area (Å²) in [5.74, 6) is 2.01. The van der Waals surface area contributed by atoms with Gasteiger partial charge in [0.1, 0.15) is 24.3 Å². The van der Waals surface area contributed by atoms with Crippen LogP contribution in [0.1, 0.15) is 0 Å². The number of nitrogens with zero attached hydrogens (tertiary/aromatic N) is 3. The Morgan fingerprint density at radius 3 is 2.53 bits per heavy atom. The number of benzene rings is 3. The molecular formula is C26H22N4O2. The third-order valence-electron chi connectivity index (χ3n) is 5.21. The van der Waals surface area contributed by atoms with Gasteiger partial charge < -0.3 is 15.2 Å². The maximum atomic E-state index is 10.6. The van der Waals surface area contributed by atoms with Gasteiger partial charge in [0.2, 0.25) is 0 Å². The average molecular weight is 422 g/mol. The summed E-state index contributed by atoms with van der Waals surface area (Å²) >= 11 is 0. The van der Waals surface area contributed by atoms with Crippen molar-refractivity contribution in [3.05, 3.63) is 91.3 Å². The van der Waals surface area contributed by atoms with E-state index >= 15 is 0 Å². The van der Waals surface area contributed by atoms with Crippen molar-refractivity contribution in [2.24, 2.45) is 0 Å². The molecule has 0 radical (unpaired) electrons. The lowest BCUT2D eigenvalue weighted by molar-refractivity contribution is 0.118. The number of rotatable bonds is 7. The van der Waals surface area contributed by atoms with E-state index in [0.29, 0.717) is 11.6 Å². The summed E-state index contributed by atoms with van der Waals surface area (Å²) in [4.78, 5) is 13.5. The first-order valence-corrected chi connectivity index (χ1v) is 10.5. The van der Waals surface area contributed by atoms with Crippen molar-refractivity contribution in [3.63, 3.8) is 0 Å². The summed E-state index contributed by atoms with van der Waals surface area (Å²) in [6.45, 7) is 0.456. The Labute approximate surface area is 185 Å². The number of hydrogen-bond acceptors (Lipinski definition) is 6. The number of pyridine rings is 1. The fourth-order valence-corrected chi connectivity index (χ4v) is 3.62. The van der Waals surface area contributed by atoms with Gasteiger partial charge in [-0.3, -0.25) is 4.98 Å². The molecule has 6 nitrogen and oxygen atoms in total. The predicted octanol–water partition coefficient (Wildman–Crippen LogP) is 4.70. The zero-order chi connectivity index (χ0) is 21.8. The lowest BCUT2D eigenvalue weighted by Gasteiger charge is -2.16. The molecule has 6 heteroatoms. The molecule has 0 saturated carbocycles. The molecule has 2 N–H and O–H groups in total. The van der Waals surface area contributed by atoms with Crippen molar-refractivity contribution >= 4 is 27.5 Å². The van der Waals surface area contributed by atoms with Crippen molar-refractivity contribution in [2.45, 2.75) is 6.10 Å². The van der Waals surface area contributed by atoms with E-state index in [-0.39, 0.29) is 13.2 Å². The number of ether oxygens (including phenoxy) is 1. The molecule has 1 unspecified atom stereocenters. The van der Waals surface area contributed by atoms with Crippen LogP contribution in [0.25, 0.3) is 33.1 Å². The van der Waals surface area contributed by atoms with Gasteiger partial charge in [0, 0.05) is 35.3 Å². The molecule has 0 amide bonds. The second-order valence-corrected chi connectivity index (χ2v) is 7.48. The minimum absolute atomic E-state index is 0.166. The van der Waals surface area contributed by atoms with Crippen LogP contribution < -0.4 is 10.1 Å². The first-order chi connectivity index (χ1) is 15.8. The molecule has 0 aliphatic rings. The van der Waals surface area contributed by atoms with Crippen LogP contribution in [0.4, 0.5) is 5.82 Å². The topological polar surface area (TPSA) is 80.2 Å². The third kappa shape index (κ3) is 4.22. The van der Waals surface area contributed by atoms with Crippen LogP contribution >= 0.6 is 0 Å². The first kappa shape index (κ1) is 19.9. The van der Waals surface area contributed by atoms with E-state index in [1.807, 2.05) is 78.9 Å². The van der Waals surface area contributed by atoms with Crippen molar-refractivity contribution in [1.29, 1.82) is 0 Å². The van der Waals surface area contributed by atoms with Crippen LogP contribution in [0.5, 0.6) is 5.75 Å². The van der Waals surface area contributed by atoms with E-state index in [9.17, 15) is 5.11 Å². The lowest BCUT2D eigenvalue weighted by Crippen LogP contribution is -2.26. The Kier molecular flexibility index (Phi) is 5.59. The van der Waals surface area contributed by atoms with E-state index < -0.39 is 6.10 Å². The van der Waals surface area contributed by atoms with E-state index in [1.165, 1.54) is 0 Å². The van der Waals surface area contributed by atoms with Gasteiger partial charge in [-0.25, -0.2) is 9.97 Å². The third-order valence-corrected chi connectivity index (χ3v) is 5.21. The largest absolute Gasteiger partial charge is 0.490 e. The zero-order valence-corrected chi connectivity index (χ0v) is 17.3. The summed E-state index contributed by atoms with van der Waals surface area (Å²) in [5.41, 5.74) is 1.66. The molecule has 5 rings (SSSR count). The SMILES string of the molecule is OC(CNc1nc(-c2cccnc2)nc2ccccc12)COc1cccc2ccccc12. The summed E-state index contributed by atoms with van der Waals surface area (Å²) < 4.78 is 5.92. The van der Waals surface area contributed by atoms with Crippen LogP contribution in [-0.2, 0) is 0 Å². The summed E-state index contributed by atoms with van der Waals surface area (Å²) in [7, 11) is 0. The Bertz CT molecular complexity index is 1350. The number of aliphatic hydroxyl groups is 1. The molecular weight excluding hydrogens is 400 g/mol. The number of para-hydroxylation sites is 1. The standard InChI is InChI=1S/C26H22N4O2/c31-20(17-32-24-13-5-8-18-7-1-2-10-21(18)24)16-28-26-22-11-3-4-12-23(22)29-25(30-26)19-9-6-14-27-15-19/h1-15,20,31H,16-17H2,(H,28,29,30). The highest BCUT2D eigenvalue weighted by atomic mass is 16.5. The van der Waals surface area contributed by atoms with Gasteiger partial charge >= 0.3 is 0 Å². The Balaban J connectivity index is 1.32. The van der Waals surface area contributed by atoms with Gasteiger partial charge in [0.15, 0.2) is 5.82 Å². The van der Waals surface area contributed by atoms with Crippen LogP contribution in [0.15, 0.2) is 91.3 Å². The second-order valence-electron chi connectivity index (χ2n) is 7.48.